The van der Waals surface area contributed by atoms with E-state index in [1.807, 2.05) is 59.3 Å². The highest BCUT2D eigenvalue weighted by Gasteiger charge is 2.61. The molecule has 0 atom stereocenters. The maximum atomic E-state index is 13.4. The van der Waals surface area contributed by atoms with E-state index in [4.69, 9.17) is 19.6 Å². The van der Waals surface area contributed by atoms with Gasteiger partial charge in [-0.1, -0.05) is 47.1 Å². The molecule has 5 heterocycles. The molecule has 0 unspecified atom stereocenters. The summed E-state index contributed by atoms with van der Waals surface area (Å²) in [5.41, 5.74) is 3.14. The second-order valence-electron chi connectivity index (χ2n) is 11.4. The Kier molecular flexibility index (Phi) is 6.38. The molecule has 0 radical (unpaired) electrons. The summed E-state index contributed by atoms with van der Waals surface area (Å²) in [6.45, 7) is 0.684. The lowest BCUT2D eigenvalue weighted by atomic mass is 9.67. The molecular weight excluding hydrogens is 599 g/mol. The lowest BCUT2D eigenvalue weighted by Gasteiger charge is -2.53. The fourth-order valence-corrected chi connectivity index (χ4v) is 6.39. The number of nitrogens with zero attached hydrogens (tertiary/aromatic N) is 6. The van der Waals surface area contributed by atoms with Gasteiger partial charge in [0.2, 0.25) is 5.82 Å². The van der Waals surface area contributed by atoms with Crippen LogP contribution < -0.4 is 9.72 Å². The molecule has 1 spiro atoms. The van der Waals surface area contributed by atoms with Crippen molar-refractivity contribution >= 4 is 22.5 Å². The third-order valence-corrected chi connectivity index (χ3v) is 8.50. The number of halogens is 3. The monoisotopic (exact) mass is 624 g/mol. The van der Waals surface area contributed by atoms with Crippen molar-refractivity contribution in [1.82, 2.24) is 30.0 Å². The number of alkyl halides is 3. The molecule has 2 aliphatic rings. The molecule has 1 aliphatic carbocycles. The van der Waals surface area contributed by atoms with E-state index in [0.717, 1.165) is 22.0 Å². The van der Waals surface area contributed by atoms with E-state index >= 15 is 0 Å². The number of rotatable bonds is 5. The second kappa shape index (κ2) is 10.4. The largest absolute Gasteiger partial charge is 0.471 e. The van der Waals surface area contributed by atoms with Gasteiger partial charge in [-0.25, -0.2) is 9.97 Å². The summed E-state index contributed by atoms with van der Waals surface area (Å²) >= 11 is 0. The van der Waals surface area contributed by atoms with Crippen molar-refractivity contribution in [2.45, 2.75) is 30.3 Å². The maximum Gasteiger partial charge on any atom is 0.471 e. The average Bonchev–Trinajstić information content (AvgIpc) is 3.71. The van der Waals surface area contributed by atoms with Crippen molar-refractivity contribution in [2.75, 3.05) is 13.2 Å². The van der Waals surface area contributed by atoms with Crippen LogP contribution in [0.1, 0.15) is 18.4 Å². The number of nitrogens with one attached hydrogen (secondary N) is 1. The lowest BCUT2D eigenvalue weighted by molar-refractivity contribution is -0.499. The van der Waals surface area contributed by atoms with Gasteiger partial charge in [0.1, 0.15) is 5.69 Å². The number of benzene rings is 2. The van der Waals surface area contributed by atoms with Crippen LogP contribution in [0.25, 0.3) is 45.0 Å². The van der Waals surface area contributed by atoms with Crippen molar-refractivity contribution < 1.29 is 31.8 Å². The van der Waals surface area contributed by atoms with Gasteiger partial charge in [-0.3, -0.25) is 9.78 Å². The second-order valence-corrected chi connectivity index (χ2v) is 11.4. The molecule has 13 heteroatoms. The van der Waals surface area contributed by atoms with Gasteiger partial charge < -0.3 is 14.8 Å². The molecule has 1 saturated carbocycles. The predicted octanol–water partition coefficient (Wildman–Crippen LogP) is 4.69. The molecule has 1 saturated heterocycles. The van der Waals surface area contributed by atoms with Crippen LogP contribution in [0.5, 0.6) is 0 Å². The molecule has 2 fully saturated rings. The standard InChI is InChI=1S/C33H24F3N7O3/c34-33(35,36)30(44)40-31(19-32(20-31)45-15-16-46-32)23-7-9-24(10-8-23)43-29-25-17-22(21-5-2-1-3-6-21)18-39-26(25)11-14-42(29)28(41-43)27-37-12-4-13-38-27/h1-14,17-18H,15-16,19-20H2/p+1. The molecule has 1 aliphatic heterocycles. The first-order valence-corrected chi connectivity index (χ1v) is 14.6. The van der Waals surface area contributed by atoms with E-state index < -0.39 is 23.4 Å². The van der Waals surface area contributed by atoms with E-state index in [0.29, 0.717) is 41.8 Å². The van der Waals surface area contributed by atoms with Crippen LogP contribution in [0.3, 0.4) is 0 Å². The zero-order valence-electron chi connectivity index (χ0n) is 24.1. The predicted molar refractivity (Wildman–Crippen MR) is 158 cm³/mol. The Bertz CT molecular complexity index is 2090. The molecule has 1 amide bonds. The summed E-state index contributed by atoms with van der Waals surface area (Å²) < 4.78 is 55.1. The van der Waals surface area contributed by atoms with Crippen molar-refractivity contribution in [1.29, 1.82) is 0 Å². The van der Waals surface area contributed by atoms with Gasteiger partial charge in [0, 0.05) is 37.0 Å². The van der Waals surface area contributed by atoms with Gasteiger partial charge in [0.25, 0.3) is 5.65 Å². The molecule has 8 rings (SSSR count). The number of pyridine rings is 2. The smallest absolute Gasteiger partial charge is 0.347 e. The molecule has 0 bridgehead atoms. The minimum Gasteiger partial charge on any atom is -0.347 e. The molecule has 230 valence electrons. The molecule has 2 aromatic carbocycles. The first kappa shape index (κ1) is 28.2. The van der Waals surface area contributed by atoms with Crippen LogP contribution in [0, 0.1) is 0 Å². The highest BCUT2D eigenvalue weighted by atomic mass is 19.4. The number of aromatic nitrogens is 6. The zero-order valence-corrected chi connectivity index (χ0v) is 24.1. The van der Waals surface area contributed by atoms with Crippen molar-refractivity contribution in [3.8, 4) is 28.5 Å². The maximum absolute atomic E-state index is 13.4. The zero-order chi connectivity index (χ0) is 31.5. The Morgan fingerprint density at radius 1 is 0.891 bits per heavy atom. The molecule has 4 aromatic heterocycles. The van der Waals surface area contributed by atoms with Crippen LogP contribution in [0.4, 0.5) is 13.2 Å². The van der Waals surface area contributed by atoms with Crippen molar-refractivity contribution in [3.05, 3.63) is 103 Å². The summed E-state index contributed by atoms with van der Waals surface area (Å²) in [5.74, 6) is -2.14. The Morgan fingerprint density at radius 2 is 1.61 bits per heavy atom. The molecular formula is C33H25F3N7O3+. The Labute approximate surface area is 259 Å². The van der Waals surface area contributed by atoms with E-state index in [9.17, 15) is 18.0 Å². The summed E-state index contributed by atoms with van der Waals surface area (Å²) in [6, 6.07) is 22.5. The highest BCUT2D eigenvalue weighted by molar-refractivity contribution is 5.93. The third kappa shape index (κ3) is 4.66. The Balaban J connectivity index is 1.26. The fraction of sp³-hybridized carbons (Fsp3) is 0.212. The quantitative estimate of drug-likeness (QED) is 0.277. The first-order valence-electron chi connectivity index (χ1n) is 14.6. The SMILES string of the molecule is O=C(NC1(c2ccc(-n3nc(-c4ncccn4)[n+]4ccc5ncc(-c6ccccc6)cc5c34)cc2)CC2(C1)OCCO2)C(F)(F)F. The van der Waals surface area contributed by atoms with Crippen molar-refractivity contribution in [2.24, 2.45) is 0 Å². The van der Waals surface area contributed by atoms with Crippen LogP contribution in [-0.4, -0.2) is 55.8 Å². The number of carbonyl (C=O) groups excluding carboxylic acids is 1. The molecule has 10 nitrogen and oxygen atoms in total. The number of hydrogen-bond acceptors (Lipinski definition) is 7. The van der Waals surface area contributed by atoms with E-state index in [1.54, 1.807) is 47.4 Å². The summed E-state index contributed by atoms with van der Waals surface area (Å²) in [4.78, 5) is 25.7. The molecule has 1 N–H and O–H groups in total. The minimum absolute atomic E-state index is 0.0514. The number of fused-ring (bicyclic) bond motifs is 3. The highest BCUT2D eigenvalue weighted by Crippen LogP contribution is 2.53. The summed E-state index contributed by atoms with van der Waals surface area (Å²) in [5, 5.41) is 7.95. The van der Waals surface area contributed by atoms with Gasteiger partial charge in [-0.15, -0.1) is 0 Å². The van der Waals surface area contributed by atoms with Gasteiger partial charge in [0.15, 0.2) is 5.79 Å². The van der Waals surface area contributed by atoms with E-state index in [-0.39, 0.29) is 12.8 Å². The normalized spacial score (nSPS) is 16.9. The summed E-state index contributed by atoms with van der Waals surface area (Å²) in [6.07, 6.45) is 2.01. The third-order valence-electron chi connectivity index (χ3n) is 8.50. The number of hydrogen-bond donors (Lipinski definition) is 1. The van der Waals surface area contributed by atoms with E-state index in [2.05, 4.69) is 15.3 Å². The number of ether oxygens (including phenoxy) is 2. The van der Waals surface area contributed by atoms with Gasteiger partial charge >= 0.3 is 17.9 Å². The van der Waals surface area contributed by atoms with Crippen LogP contribution in [0.2, 0.25) is 0 Å². The van der Waals surface area contributed by atoms with Crippen LogP contribution in [-0.2, 0) is 19.8 Å². The Hall–Kier alpha value is -5.27. The Morgan fingerprint density at radius 3 is 2.30 bits per heavy atom. The fourth-order valence-electron chi connectivity index (χ4n) is 6.39. The molecule has 6 aromatic rings. The number of amides is 1. The van der Waals surface area contributed by atoms with Gasteiger partial charge in [0.05, 0.1) is 41.0 Å². The van der Waals surface area contributed by atoms with E-state index in [1.165, 1.54) is 0 Å². The molecule has 46 heavy (non-hydrogen) atoms. The van der Waals surface area contributed by atoms with Crippen LogP contribution in [0.15, 0.2) is 97.6 Å². The summed E-state index contributed by atoms with van der Waals surface area (Å²) in [7, 11) is 0. The van der Waals surface area contributed by atoms with Crippen molar-refractivity contribution in [3.63, 3.8) is 0 Å². The van der Waals surface area contributed by atoms with Crippen LogP contribution >= 0.6 is 0 Å². The number of carbonyl (C=O) groups is 1. The van der Waals surface area contributed by atoms with Gasteiger partial charge in [-0.2, -0.15) is 17.6 Å². The first-order chi connectivity index (χ1) is 22.2. The minimum atomic E-state index is -5.04. The lowest BCUT2D eigenvalue weighted by Crippen LogP contribution is -2.65. The average molecular weight is 625 g/mol. The topological polar surface area (TPSA) is 108 Å². The van der Waals surface area contributed by atoms with Gasteiger partial charge in [-0.05, 0) is 41.5 Å².